The monoisotopic (exact) mass is 378 g/mol. The zero-order valence-electron chi connectivity index (χ0n) is 13.2. The van der Waals surface area contributed by atoms with E-state index in [1.807, 2.05) is 0 Å². The second-order valence-corrected chi connectivity index (χ2v) is 8.52. The van der Waals surface area contributed by atoms with Crippen LogP contribution in [0.25, 0.3) is 11.5 Å². The van der Waals surface area contributed by atoms with Crippen molar-refractivity contribution in [2.45, 2.75) is 23.0 Å². The largest absolute Gasteiger partial charge is 0.497 e. The molecule has 1 N–H and O–H groups in total. The molecule has 1 aliphatic carbocycles. The Morgan fingerprint density at radius 2 is 2.04 bits per heavy atom. The third-order valence-electron chi connectivity index (χ3n) is 3.68. The minimum Gasteiger partial charge on any atom is -0.497 e. The van der Waals surface area contributed by atoms with Crippen LogP contribution in [0.15, 0.2) is 39.2 Å². The average molecular weight is 378 g/mol. The van der Waals surface area contributed by atoms with Crippen molar-refractivity contribution in [2.24, 2.45) is 0 Å². The molecule has 1 aliphatic rings. The van der Waals surface area contributed by atoms with E-state index in [-0.39, 0.29) is 16.0 Å². The van der Waals surface area contributed by atoms with Crippen molar-refractivity contribution >= 4 is 27.3 Å². The number of nitrogens with zero attached hydrogens (tertiary/aromatic N) is 3. The molecule has 0 atom stereocenters. The molecule has 25 heavy (non-hydrogen) atoms. The van der Waals surface area contributed by atoms with Gasteiger partial charge in [0, 0.05) is 11.5 Å². The second kappa shape index (κ2) is 6.12. The minimum absolute atomic E-state index is 0.118. The summed E-state index contributed by atoms with van der Waals surface area (Å²) >= 11 is 1.18. The number of ether oxygens (including phenoxy) is 1. The van der Waals surface area contributed by atoms with Crippen LogP contribution in [0.4, 0.5) is 5.95 Å². The molecular weight excluding hydrogens is 364 g/mol. The lowest BCUT2D eigenvalue weighted by Crippen LogP contribution is -2.12. The zero-order valence-corrected chi connectivity index (χ0v) is 14.8. The molecule has 0 saturated heterocycles. The lowest BCUT2D eigenvalue weighted by molar-refractivity contribution is 0.414. The van der Waals surface area contributed by atoms with Crippen molar-refractivity contribution in [3.8, 4) is 17.2 Å². The standard InChI is InChI=1S/C15H14N4O4S2/c1-22-11-6-4-9(5-7-11)13-17-15(18-23-13)19-25(20,21)12-8-16-14(24-12)10-2-3-10/h4-8,10H,2-3H2,1H3,(H,18,19). The van der Waals surface area contributed by atoms with Crippen molar-refractivity contribution in [2.75, 3.05) is 11.8 Å². The summed E-state index contributed by atoms with van der Waals surface area (Å²) < 4.78 is 37.5. The number of methoxy groups -OCH3 is 1. The Morgan fingerprint density at radius 1 is 1.28 bits per heavy atom. The van der Waals surface area contributed by atoms with E-state index in [1.165, 1.54) is 17.5 Å². The lowest BCUT2D eigenvalue weighted by Gasteiger charge is -2.00. The highest BCUT2D eigenvalue weighted by Crippen LogP contribution is 2.42. The van der Waals surface area contributed by atoms with Crippen LogP contribution in [0.1, 0.15) is 23.8 Å². The van der Waals surface area contributed by atoms with E-state index in [2.05, 4.69) is 19.8 Å². The molecule has 4 rings (SSSR count). The van der Waals surface area contributed by atoms with Crippen molar-refractivity contribution in [1.82, 2.24) is 15.1 Å². The number of benzene rings is 1. The molecule has 0 unspecified atom stereocenters. The normalized spacial score (nSPS) is 14.4. The maximum absolute atomic E-state index is 12.4. The highest BCUT2D eigenvalue weighted by molar-refractivity contribution is 7.94. The molecule has 0 radical (unpaired) electrons. The third kappa shape index (κ3) is 3.35. The van der Waals surface area contributed by atoms with E-state index in [9.17, 15) is 8.42 Å². The first-order valence-electron chi connectivity index (χ1n) is 7.52. The Kier molecular flexibility index (Phi) is 3.92. The van der Waals surface area contributed by atoms with E-state index in [4.69, 9.17) is 9.26 Å². The number of nitrogens with one attached hydrogen (secondary N) is 1. The molecule has 1 saturated carbocycles. The van der Waals surface area contributed by atoms with Crippen LogP contribution in [-0.4, -0.2) is 30.7 Å². The number of aromatic nitrogens is 3. The molecule has 130 valence electrons. The molecule has 2 heterocycles. The fourth-order valence-electron chi connectivity index (χ4n) is 2.20. The highest BCUT2D eigenvalue weighted by Gasteiger charge is 2.29. The van der Waals surface area contributed by atoms with Crippen LogP contribution in [0.5, 0.6) is 5.75 Å². The Balaban J connectivity index is 1.52. The van der Waals surface area contributed by atoms with Gasteiger partial charge in [0.25, 0.3) is 21.9 Å². The maximum Gasteiger partial charge on any atom is 0.277 e. The van der Waals surface area contributed by atoms with Gasteiger partial charge in [0.05, 0.1) is 18.3 Å². The number of hydrogen-bond acceptors (Lipinski definition) is 8. The SMILES string of the molecule is COc1ccc(-c2nc(NS(=O)(=O)c3cnc(C4CC4)s3)no2)cc1. The number of sulfonamides is 1. The lowest BCUT2D eigenvalue weighted by atomic mass is 10.2. The summed E-state index contributed by atoms with van der Waals surface area (Å²) in [6.45, 7) is 0. The molecule has 2 aromatic heterocycles. The van der Waals surface area contributed by atoms with E-state index < -0.39 is 10.0 Å². The van der Waals surface area contributed by atoms with E-state index >= 15 is 0 Å². The highest BCUT2D eigenvalue weighted by atomic mass is 32.2. The van der Waals surface area contributed by atoms with E-state index in [0.717, 1.165) is 17.8 Å². The van der Waals surface area contributed by atoms with Crippen LogP contribution >= 0.6 is 11.3 Å². The number of anilines is 1. The van der Waals surface area contributed by atoms with Gasteiger partial charge < -0.3 is 9.26 Å². The number of rotatable bonds is 6. The fourth-order valence-corrected chi connectivity index (χ4v) is 4.46. The molecular formula is C15H14N4O4S2. The molecule has 0 amide bonds. The van der Waals surface area contributed by atoms with Crippen molar-refractivity contribution in [1.29, 1.82) is 0 Å². The van der Waals surface area contributed by atoms with E-state index in [0.29, 0.717) is 17.2 Å². The van der Waals surface area contributed by atoms with Gasteiger partial charge in [-0.15, -0.1) is 11.3 Å². The quantitative estimate of drug-likeness (QED) is 0.703. The van der Waals surface area contributed by atoms with Gasteiger partial charge in [0.15, 0.2) is 4.21 Å². The third-order valence-corrected chi connectivity index (χ3v) is 6.63. The van der Waals surface area contributed by atoms with Gasteiger partial charge in [0.2, 0.25) is 0 Å². The maximum atomic E-state index is 12.4. The summed E-state index contributed by atoms with van der Waals surface area (Å²) in [5.41, 5.74) is 0.660. The average Bonchev–Trinajstić information content (AvgIpc) is 3.15. The zero-order chi connectivity index (χ0) is 17.4. The Hall–Kier alpha value is -2.46. The second-order valence-electron chi connectivity index (χ2n) is 5.55. The van der Waals surface area contributed by atoms with Gasteiger partial charge in [-0.1, -0.05) is 0 Å². The minimum atomic E-state index is -3.78. The van der Waals surface area contributed by atoms with Crippen LogP contribution in [-0.2, 0) is 10.0 Å². The van der Waals surface area contributed by atoms with Crippen LogP contribution < -0.4 is 9.46 Å². The van der Waals surface area contributed by atoms with Crippen molar-refractivity contribution < 1.29 is 17.7 Å². The van der Waals surface area contributed by atoms with Crippen molar-refractivity contribution in [3.05, 3.63) is 35.5 Å². The molecule has 1 fully saturated rings. The van der Waals surface area contributed by atoms with Crippen molar-refractivity contribution in [3.63, 3.8) is 0 Å². The van der Waals surface area contributed by atoms with Crippen LogP contribution in [0.2, 0.25) is 0 Å². The first-order valence-corrected chi connectivity index (χ1v) is 9.82. The molecule has 0 spiro atoms. The van der Waals surface area contributed by atoms with Gasteiger partial charge in [-0.3, -0.25) is 0 Å². The molecule has 0 bridgehead atoms. The van der Waals surface area contributed by atoms with Gasteiger partial charge in [-0.2, -0.15) is 4.98 Å². The van der Waals surface area contributed by atoms with Crippen LogP contribution in [0, 0.1) is 0 Å². The summed E-state index contributed by atoms with van der Waals surface area (Å²) in [6.07, 6.45) is 3.50. The Bertz CT molecular complexity index is 991. The summed E-state index contributed by atoms with van der Waals surface area (Å²) in [5.74, 6) is 1.19. The molecule has 8 nitrogen and oxygen atoms in total. The van der Waals surface area contributed by atoms with E-state index in [1.54, 1.807) is 31.4 Å². The van der Waals surface area contributed by atoms with Gasteiger partial charge >= 0.3 is 0 Å². The predicted octanol–water partition coefficient (Wildman–Crippen LogP) is 2.88. The Morgan fingerprint density at radius 3 is 2.72 bits per heavy atom. The first-order chi connectivity index (χ1) is 12.0. The Labute approximate surface area is 147 Å². The molecule has 3 aromatic rings. The molecule has 0 aliphatic heterocycles. The number of thiazole rings is 1. The smallest absolute Gasteiger partial charge is 0.277 e. The molecule has 10 heteroatoms. The molecule has 1 aromatic carbocycles. The first kappa shape index (κ1) is 16.0. The van der Waals surface area contributed by atoms with Gasteiger partial charge in [0.1, 0.15) is 5.75 Å². The van der Waals surface area contributed by atoms with Crippen LogP contribution in [0.3, 0.4) is 0 Å². The number of hydrogen-bond donors (Lipinski definition) is 1. The summed E-state index contributed by atoms with van der Waals surface area (Å²) in [4.78, 5) is 8.25. The fraction of sp³-hybridized carbons (Fsp3) is 0.267. The summed E-state index contributed by atoms with van der Waals surface area (Å²) in [5, 5.41) is 4.53. The summed E-state index contributed by atoms with van der Waals surface area (Å²) in [6, 6.07) is 6.99. The van der Waals surface area contributed by atoms with Gasteiger partial charge in [-0.25, -0.2) is 18.1 Å². The topological polar surface area (TPSA) is 107 Å². The summed E-state index contributed by atoms with van der Waals surface area (Å²) in [7, 11) is -2.20. The van der Waals surface area contributed by atoms with Gasteiger partial charge in [-0.05, 0) is 42.3 Å². The predicted molar refractivity (Wildman–Crippen MR) is 91.2 cm³/mol.